The van der Waals surface area contributed by atoms with Crippen molar-refractivity contribution < 1.29 is 15.3 Å². The van der Waals surface area contributed by atoms with Crippen LogP contribution in [0.15, 0.2) is 52.4 Å². The van der Waals surface area contributed by atoms with Crippen LogP contribution in [-0.4, -0.2) is 39.8 Å². The fraction of sp³-hybridized carbons (Fsp3) is 0.222. The van der Waals surface area contributed by atoms with Crippen LogP contribution in [0.3, 0.4) is 0 Å². The summed E-state index contributed by atoms with van der Waals surface area (Å²) in [5.74, 6) is 0.202. The van der Waals surface area contributed by atoms with Crippen LogP contribution in [0, 0.1) is 0 Å². The first-order valence-electron chi connectivity index (χ1n) is 7.32. The molecule has 1 unspecified atom stereocenters. The van der Waals surface area contributed by atoms with Gasteiger partial charge in [-0.05, 0) is 38.1 Å². The Morgan fingerprint density at radius 2 is 1.83 bits per heavy atom. The summed E-state index contributed by atoms with van der Waals surface area (Å²) in [6.07, 6.45) is 1.63. The molecular formula is C18H20N2O3. The summed E-state index contributed by atoms with van der Waals surface area (Å²) >= 11 is 0. The largest absolute Gasteiger partial charge is 0.508 e. The van der Waals surface area contributed by atoms with Crippen molar-refractivity contribution in [2.45, 2.75) is 19.9 Å². The van der Waals surface area contributed by atoms with Crippen LogP contribution in [0.2, 0.25) is 0 Å². The normalized spacial score (nSPS) is 13.4. The summed E-state index contributed by atoms with van der Waals surface area (Å²) in [7, 11) is 0. The topological polar surface area (TPSA) is 85.4 Å². The molecule has 0 bridgehead atoms. The molecule has 2 aromatic carbocycles. The van der Waals surface area contributed by atoms with E-state index in [9.17, 15) is 15.3 Å². The Kier molecular flexibility index (Phi) is 5.36. The Morgan fingerprint density at radius 3 is 2.52 bits per heavy atom. The number of nitrogens with zero attached hydrogens (tertiary/aromatic N) is 2. The number of hydrogen-bond donors (Lipinski definition) is 3. The second kappa shape index (κ2) is 7.45. The van der Waals surface area contributed by atoms with Gasteiger partial charge in [-0.15, -0.1) is 0 Å². The van der Waals surface area contributed by atoms with Crippen molar-refractivity contribution in [1.82, 2.24) is 0 Å². The van der Waals surface area contributed by atoms with Gasteiger partial charge in [0.2, 0.25) is 0 Å². The van der Waals surface area contributed by atoms with Gasteiger partial charge >= 0.3 is 0 Å². The third-order valence-corrected chi connectivity index (χ3v) is 3.37. The quantitative estimate of drug-likeness (QED) is 0.741. The number of hydrogen-bond acceptors (Lipinski definition) is 5. The zero-order chi connectivity index (χ0) is 16.8. The number of para-hydroxylation sites is 1. The van der Waals surface area contributed by atoms with Crippen LogP contribution >= 0.6 is 0 Å². The monoisotopic (exact) mass is 312 g/mol. The van der Waals surface area contributed by atoms with Crippen molar-refractivity contribution >= 4 is 11.9 Å². The average Bonchev–Trinajstić information content (AvgIpc) is 2.52. The van der Waals surface area contributed by atoms with Gasteiger partial charge in [0.15, 0.2) is 0 Å². The number of phenols is 3. The molecule has 1 atom stereocenters. The summed E-state index contributed by atoms with van der Waals surface area (Å²) in [6, 6.07) is 11.3. The maximum absolute atomic E-state index is 9.81. The highest BCUT2D eigenvalue weighted by molar-refractivity contribution is 6.01. The minimum atomic E-state index is -0.0659. The molecule has 0 heterocycles. The van der Waals surface area contributed by atoms with Gasteiger partial charge in [0.1, 0.15) is 17.2 Å². The predicted octanol–water partition coefficient (Wildman–Crippen LogP) is 3.12. The molecule has 23 heavy (non-hydrogen) atoms. The van der Waals surface area contributed by atoms with Gasteiger partial charge < -0.3 is 15.3 Å². The zero-order valence-electron chi connectivity index (χ0n) is 13.1. The molecule has 2 rings (SSSR count). The van der Waals surface area contributed by atoms with Crippen LogP contribution < -0.4 is 0 Å². The molecule has 0 saturated heterocycles. The lowest BCUT2D eigenvalue weighted by Gasteiger charge is -2.07. The number of phenolic OH excluding ortho intramolecular Hbond substituents is 3. The van der Waals surface area contributed by atoms with Crippen LogP contribution in [0.25, 0.3) is 0 Å². The Balaban J connectivity index is 2.02. The Labute approximate surface area is 135 Å². The summed E-state index contributed by atoms with van der Waals surface area (Å²) in [5, 5.41) is 28.8. The van der Waals surface area contributed by atoms with Gasteiger partial charge in [0.05, 0.1) is 12.6 Å². The van der Waals surface area contributed by atoms with Crippen molar-refractivity contribution in [1.29, 1.82) is 0 Å². The first-order valence-corrected chi connectivity index (χ1v) is 7.32. The smallest absolute Gasteiger partial charge is 0.128 e. The van der Waals surface area contributed by atoms with Gasteiger partial charge in [0, 0.05) is 29.1 Å². The van der Waals surface area contributed by atoms with Gasteiger partial charge in [-0.3, -0.25) is 9.98 Å². The van der Waals surface area contributed by atoms with Gasteiger partial charge in [-0.2, -0.15) is 0 Å². The van der Waals surface area contributed by atoms with E-state index in [0.717, 1.165) is 0 Å². The molecule has 0 aromatic heterocycles. The molecule has 0 aliphatic carbocycles. The van der Waals surface area contributed by atoms with E-state index < -0.39 is 0 Å². The number of benzene rings is 2. The molecule has 2 aromatic rings. The Hall–Kier alpha value is -2.82. The van der Waals surface area contributed by atoms with Crippen molar-refractivity contribution in [2.75, 3.05) is 6.54 Å². The minimum Gasteiger partial charge on any atom is -0.508 e. The molecule has 120 valence electrons. The highest BCUT2D eigenvalue weighted by Crippen LogP contribution is 2.23. The molecule has 0 radical (unpaired) electrons. The lowest BCUT2D eigenvalue weighted by molar-refractivity contribution is 0.450. The maximum Gasteiger partial charge on any atom is 0.128 e. The molecule has 0 saturated carbocycles. The lowest BCUT2D eigenvalue weighted by atomic mass is 10.1. The number of rotatable bonds is 5. The summed E-state index contributed by atoms with van der Waals surface area (Å²) in [5.41, 5.74) is 1.92. The molecule has 0 aliphatic rings. The summed E-state index contributed by atoms with van der Waals surface area (Å²) in [4.78, 5) is 8.78. The number of aromatic hydroxyl groups is 3. The van der Waals surface area contributed by atoms with E-state index >= 15 is 0 Å². The van der Waals surface area contributed by atoms with Gasteiger partial charge in [0.25, 0.3) is 0 Å². The molecule has 3 N–H and O–H groups in total. The SMILES string of the molecule is CC(=NCC(C)N=Cc1ccccc1O)c1ccc(O)cc1O. The summed E-state index contributed by atoms with van der Waals surface area (Å²) in [6.45, 7) is 4.17. The maximum atomic E-state index is 9.81. The number of aliphatic imine (C=N–C) groups is 2. The second-order valence-electron chi connectivity index (χ2n) is 5.31. The van der Waals surface area contributed by atoms with E-state index in [1.165, 1.54) is 12.1 Å². The van der Waals surface area contributed by atoms with Crippen molar-refractivity contribution in [3.63, 3.8) is 0 Å². The molecule has 0 amide bonds. The first-order chi connectivity index (χ1) is 11.0. The molecular weight excluding hydrogens is 292 g/mol. The van der Waals surface area contributed by atoms with Crippen LogP contribution in [-0.2, 0) is 0 Å². The summed E-state index contributed by atoms with van der Waals surface area (Å²) < 4.78 is 0. The van der Waals surface area contributed by atoms with Gasteiger partial charge in [-0.1, -0.05) is 12.1 Å². The minimum absolute atomic E-state index is 0.00314. The van der Waals surface area contributed by atoms with E-state index in [-0.39, 0.29) is 23.3 Å². The Morgan fingerprint density at radius 1 is 1.09 bits per heavy atom. The highest BCUT2D eigenvalue weighted by Gasteiger charge is 2.06. The standard InChI is InChI=1S/C18H20N2O3/c1-12(19-11-14-5-3-4-6-17(14)22)10-20-13(2)16-8-7-15(21)9-18(16)23/h3-9,11-12,21-23H,10H2,1-2H3. The van der Waals surface area contributed by atoms with Crippen LogP contribution in [0.5, 0.6) is 17.2 Å². The molecule has 0 fully saturated rings. The van der Waals surface area contributed by atoms with E-state index in [0.29, 0.717) is 23.4 Å². The highest BCUT2D eigenvalue weighted by atomic mass is 16.3. The van der Waals surface area contributed by atoms with Crippen molar-refractivity contribution in [3.05, 3.63) is 53.6 Å². The first kappa shape index (κ1) is 16.5. The Bertz CT molecular complexity index is 739. The second-order valence-corrected chi connectivity index (χ2v) is 5.31. The predicted molar refractivity (Wildman–Crippen MR) is 92.0 cm³/mol. The van der Waals surface area contributed by atoms with Gasteiger partial charge in [-0.25, -0.2) is 0 Å². The molecule has 0 aliphatic heterocycles. The molecule has 5 nitrogen and oxygen atoms in total. The van der Waals surface area contributed by atoms with Crippen LogP contribution in [0.1, 0.15) is 25.0 Å². The van der Waals surface area contributed by atoms with E-state index in [1.807, 2.05) is 13.0 Å². The fourth-order valence-electron chi connectivity index (χ4n) is 2.03. The average molecular weight is 312 g/mol. The van der Waals surface area contributed by atoms with E-state index in [4.69, 9.17) is 0 Å². The van der Waals surface area contributed by atoms with E-state index in [2.05, 4.69) is 9.98 Å². The van der Waals surface area contributed by atoms with E-state index in [1.54, 1.807) is 37.4 Å². The third-order valence-electron chi connectivity index (χ3n) is 3.37. The zero-order valence-corrected chi connectivity index (χ0v) is 13.1. The third kappa shape index (κ3) is 4.57. The van der Waals surface area contributed by atoms with Crippen LogP contribution in [0.4, 0.5) is 0 Å². The molecule has 5 heteroatoms. The fourth-order valence-corrected chi connectivity index (χ4v) is 2.03. The molecule has 0 spiro atoms. The van der Waals surface area contributed by atoms with Crippen molar-refractivity contribution in [2.24, 2.45) is 9.98 Å². The lowest BCUT2D eigenvalue weighted by Crippen LogP contribution is -2.06. The van der Waals surface area contributed by atoms with Crippen molar-refractivity contribution in [3.8, 4) is 17.2 Å².